The molecule has 0 saturated carbocycles. The van der Waals surface area contributed by atoms with E-state index in [4.69, 9.17) is 4.74 Å². The number of amides is 1. The van der Waals surface area contributed by atoms with Gasteiger partial charge in [0, 0.05) is 20.3 Å². The Morgan fingerprint density at radius 2 is 1.97 bits per heavy atom. The van der Waals surface area contributed by atoms with Crippen LogP contribution in [0.3, 0.4) is 0 Å². The number of carbonyl (C=O) groups is 1. The van der Waals surface area contributed by atoms with Crippen molar-refractivity contribution in [3.63, 3.8) is 0 Å². The smallest absolute Gasteiger partial charge is 0.262 e. The summed E-state index contributed by atoms with van der Waals surface area (Å²) < 4.78 is 6.77. The molecule has 3 rings (SSSR count). The van der Waals surface area contributed by atoms with Crippen LogP contribution in [0.4, 0.5) is 0 Å². The molecular formula is C24H29N3O3S. The fourth-order valence-corrected chi connectivity index (χ4v) is 4.19. The highest BCUT2D eigenvalue weighted by atomic mass is 32.2. The summed E-state index contributed by atoms with van der Waals surface area (Å²) in [5.41, 5.74) is 4.05. The van der Waals surface area contributed by atoms with Crippen molar-refractivity contribution in [1.82, 2.24) is 14.9 Å². The lowest BCUT2D eigenvalue weighted by molar-refractivity contribution is -0.119. The second-order valence-corrected chi connectivity index (χ2v) is 8.58. The summed E-state index contributed by atoms with van der Waals surface area (Å²) in [5.74, 6) is 0.0890. The predicted octanol–water partition coefficient (Wildman–Crippen LogP) is 4.02. The first-order valence-corrected chi connectivity index (χ1v) is 11.4. The van der Waals surface area contributed by atoms with E-state index in [-0.39, 0.29) is 23.3 Å². The van der Waals surface area contributed by atoms with Crippen LogP contribution in [0.2, 0.25) is 0 Å². The van der Waals surface area contributed by atoms with Crippen molar-refractivity contribution in [2.45, 2.75) is 44.9 Å². The van der Waals surface area contributed by atoms with Gasteiger partial charge in [0.1, 0.15) is 0 Å². The number of methoxy groups -OCH3 is 1. The Labute approximate surface area is 187 Å². The van der Waals surface area contributed by atoms with E-state index in [1.54, 1.807) is 17.7 Å². The van der Waals surface area contributed by atoms with Gasteiger partial charge >= 0.3 is 0 Å². The van der Waals surface area contributed by atoms with Crippen LogP contribution < -0.4 is 10.9 Å². The highest BCUT2D eigenvalue weighted by molar-refractivity contribution is 7.99. The van der Waals surface area contributed by atoms with Crippen molar-refractivity contribution < 1.29 is 9.53 Å². The van der Waals surface area contributed by atoms with Gasteiger partial charge in [0.2, 0.25) is 5.91 Å². The predicted molar refractivity (Wildman–Crippen MR) is 126 cm³/mol. The average Bonchev–Trinajstić information content (AvgIpc) is 2.76. The molecule has 0 saturated heterocycles. The number of ether oxygens (including phenoxy) is 1. The summed E-state index contributed by atoms with van der Waals surface area (Å²) in [6, 6.07) is 13.4. The summed E-state index contributed by atoms with van der Waals surface area (Å²) in [4.78, 5) is 30.2. The maximum absolute atomic E-state index is 13.0. The largest absolute Gasteiger partial charge is 0.385 e. The Balaban J connectivity index is 1.74. The molecule has 0 radical (unpaired) electrons. The van der Waals surface area contributed by atoms with Gasteiger partial charge in [0.15, 0.2) is 5.16 Å². The fourth-order valence-electron chi connectivity index (χ4n) is 3.35. The zero-order valence-electron chi connectivity index (χ0n) is 18.5. The lowest BCUT2D eigenvalue weighted by Crippen LogP contribution is -2.29. The molecule has 0 aliphatic rings. The van der Waals surface area contributed by atoms with Crippen LogP contribution >= 0.6 is 11.8 Å². The van der Waals surface area contributed by atoms with Gasteiger partial charge in [-0.1, -0.05) is 42.1 Å². The normalized spacial score (nSPS) is 12.1. The molecule has 1 aromatic heterocycles. The number of carbonyl (C=O) groups excluding carboxylic acids is 1. The zero-order chi connectivity index (χ0) is 22.4. The van der Waals surface area contributed by atoms with E-state index in [1.807, 2.05) is 31.2 Å². The molecule has 0 unspecified atom stereocenters. The van der Waals surface area contributed by atoms with Crippen LogP contribution in [0.25, 0.3) is 10.9 Å². The molecule has 0 fully saturated rings. The number of aromatic nitrogens is 2. The molecule has 0 aliphatic heterocycles. The van der Waals surface area contributed by atoms with Gasteiger partial charge in [-0.05, 0) is 56.0 Å². The second kappa shape index (κ2) is 10.6. The third-order valence-electron chi connectivity index (χ3n) is 5.30. The van der Waals surface area contributed by atoms with Crippen LogP contribution in [0.1, 0.15) is 36.1 Å². The standard InChI is InChI=1S/C24H29N3O3S/c1-16-10-11-19(14-17(16)2)18(3)25-22(28)15-31-24-26-21-9-6-5-8-20(21)23(29)27(24)12-7-13-30-4/h5-6,8-11,14,18H,7,12-13,15H2,1-4H3,(H,25,28)/t18-/m1/s1. The summed E-state index contributed by atoms with van der Waals surface area (Å²) in [5, 5.41) is 4.17. The molecular weight excluding hydrogens is 410 g/mol. The lowest BCUT2D eigenvalue weighted by Gasteiger charge is -2.16. The number of rotatable bonds is 9. The summed E-state index contributed by atoms with van der Waals surface area (Å²) >= 11 is 1.28. The number of fused-ring (bicyclic) bond motifs is 1. The minimum absolute atomic E-state index is 0.0897. The average molecular weight is 440 g/mol. The number of nitrogens with zero attached hydrogens (tertiary/aromatic N) is 2. The first kappa shape index (κ1) is 23.0. The van der Waals surface area contributed by atoms with Crippen molar-refractivity contribution >= 4 is 28.6 Å². The summed E-state index contributed by atoms with van der Waals surface area (Å²) in [7, 11) is 1.64. The molecule has 164 valence electrons. The molecule has 1 N–H and O–H groups in total. The van der Waals surface area contributed by atoms with E-state index in [0.29, 0.717) is 35.6 Å². The van der Waals surface area contributed by atoms with Gasteiger partial charge in [-0.2, -0.15) is 0 Å². The fraction of sp³-hybridized carbons (Fsp3) is 0.375. The number of nitrogens with one attached hydrogen (secondary N) is 1. The van der Waals surface area contributed by atoms with E-state index < -0.39 is 0 Å². The molecule has 1 heterocycles. The Bertz CT molecular complexity index is 1130. The Kier molecular flexibility index (Phi) is 7.87. The molecule has 2 aromatic carbocycles. The van der Waals surface area contributed by atoms with Crippen LogP contribution in [-0.4, -0.2) is 34.9 Å². The van der Waals surface area contributed by atoms with Crippen LogP contribution in [0.15, 0.2) is 52.4 Å². The van der Waals surface area contributed by atoms with Crippen molar-refractivity contribution in [1.29, 1.82) is 0 Å². The van der Waals surface area contributed by atoms with Gasteiger partial charge < -0.3 is 10.1 Å². The zero-order valence-corrected chi connectivity index (χ0v) is 19.3. The van der Waals surface area contributed by atoms with E-state index in [1.165, 1.54) is 22.9 Å². The van der Waals surface area contributed by atoms with Crippen LogP contribution in [0.5, 0.6) is 0 Å². The van der Waals surface area contributed by atoms with Gasteiger partial charge in [0.25, 0.3) is 5.56 Å². The second-order valence-electron chi connectivity index (χ2n) is 7.64. The molecule has 0 aliphatic carbocycles. The monoisotopic (exact) mass is 439 g/mol. The number of para-hydroxylation sites is 1. The topological polar surface area (TPSA) is 73.2 Å². The third-order valence-corrected chi connectivity index (χ3v) is 6.27. The van der Waals surface area contributed by atoms with Crippen molar-refractivity contribution in [2.24, 2.45) is 0 Å². The minimum Gasteiger partial charge on any atom is -0.385 e. The van der Waals surface area contributed by atoms with Crippen molar-refractivity contribution in [3.8, 4) is 0 Å². The summed E-state index contributed by atoms with van der Waals surface area (Å²) in [6.07, 6.45) is 0.694. The van der Waals surface area contributed by atoms with Gasteiger partial charge in [-0.3, -0.25) is 14.2 Å². The van der Waals surface area contributed by atoms with Crippen LogP contribution in [-0.2, 0) is 16.1 Å². The number of aryl methyl sites for hydroxylation is 2. The van der Waals surface area contributed by atoms with E-state index in [2.05, 4.69) is 36.3 Å². The van der Waals surface area contributed by atoms with E-state index in [9.17, 15) is 9.59 Å². The van der Waals surface area contributed by atoms with E-state index in [0.717, 1.165) is 5.56 Å². The molecule has 31 heavy (non-hydrogen) atoms. The quantitative estimate of drug-likeness (QED) is 0.310. The highest BCUT2D eigenvalue weighted by Gasteiger charge is 2.15. The Morgan fingerprint density at radius 3 is 2.71 bits per heavy atom. The molecule has 7 heteroatoms. The molecule has 0 bridgehead atoms. The highest BCUT2D eigenvalue weighted by Crippen LogP contribution is 2.20. The molecule has 0 spiro atoms. The Hall–Kier alpha value is -2.64. The first-order chi connectivity index (χ1) is 14.9. The minimum atomic E-state index is -0.0964. The molecule has 1 amide bonds. The van der Waals surface area contributed by atoms with Crippen molar-refractivity contribution in [3.05, 3.63) is 69.5 Å². The van der Waals surface area contributed by atoms with E-state index >= 15 is 0 Å². The number of hydrogen-bond acceptors (Lipinski definition) is 5. The number of benzene rings is 2. The maximum atomic E-state index is 13.0. The first-order valence-electron chi connectivity index (χ1n) is 10.4. The maximum Gasteiger partial charge on any atom is 0.262 e. The third kappa shape index (κ3) is 5.74. The molecule has 3 aromatic rings. The lowest BCUT2D eigenvalue weighted by atomic mass is 10.0. The SMILES string of the molecule is COCCCn1c(SCC(=O)N[C@H](C)c2ccc(C)c(C)c2)nc2ccccc2c1=O. The van der Waals surface area contributed by atoms with Crippen LogP contribution in [0, 0.1) is 13.8 Å². The van der Waals surface area contributed by atoms with Crippen molar-refractivity contribution in [2.75, 3.05) is 19.5 Å². The summed E-state index contributed by atoms with van der Waals surface area (Å²) in [6.45, 7) is 7.16. The molecule has 1 atom stereocenters. The van der Waals surface area contributed by atoms with Gasteiger partial charge in [-0.15, -0.1) is 0 Å². The number of hydrogen-bond donors (Lipinski definition) is 1. The number of thioether (sulfide) groups is 1. The molecule has 6 nitrogen and oxygen atoms in total. The van der Waals surface area contributed by atoms with Gasteiger partial charge in [0.05, 0.1) is 22.7 Å². The Morgan fingerprint density at radius 1 is 1.19 bits per heavy atom. The van der Waals surface area contributed by atoms with Gasteiger partial charge in [-0.25, -0.2) is 4.98 Å².